The molecule has 5 heteroatoms. The van der Waals surface area contributed by atoms with Crippen LogP contribution in [0.3, 0.4) is 0 Å². The number of halogens is 1. The number of carbonyl (C=O) groups is 1. The van der Waals surface area contributed by atoms with Gasteiger partial charge in [0.25, 0.3) is 0 Å². The van der Waals surface area contributed by atoms with Gasteiger partial charge in [0.1, 0.15) is 5.75 Å². The number of hydrogen-bond acceptors (Lipinski definition) is 3. The number of rotatable bonds is 7. The molecule has 0 aliphatic rings. The number of para-hydroxylation sites is 1. The van der Waals surface area contributed by atoms with Crippen molar-refractivity contribution in [3.8, 4) is 5.75 Å². The van der Waals surface area contributed by atoms with Crippen molar-refractivity contribution in [2.24, 2.45) is 11.7 Å². The van der Waals surface area contributed by atoms with Gasteiger partial charge in [-0.2, -0.15) is 0 Å². The topological polar surface area (TPSA) is 55.6 Å². The van der Waals surface area contributed by atoms with Crippen molar-refractivity contribution in [1.82, 2.24) is 4.90 Å². The first kappa shape index (κ1) is 18.7. The summed E-state index contributed by atoms with van der Waals surface area (Å²) in [6.07, 6.45) is 0.808. The molecule has 2 atom stereocenters. The van der Waals surface area contributed by atoms with Crippen LogP contribution in [0.15, 0.2) is 30.3 Å². The highest BCUT2D eigenvalue weighted by atomic mass is 35.5. The largest absolute Gasteiger partial charge is 0.494 e. The van der Waals surface area contributed by atoms with Gasteiger partial charge in [-0.25, -0.2) is 0 Å². The lowest BCUT2D eigenvalue weighted by atomic mass is 10.0. The van der Waals surface area contributed by atoms with E-state index in [9.17, 15) is 4.79 Å². The minimum atomic E-state index is -0.139. The van der Waals surface area contributed by atoms with Gasteiger partial charge in [-0.3, -0.25) is 4.79 Å². The fourth-order valence-electron chi connectivity index (χ4n) is 1.69. The zero-order valence-electron chi connectivity index (χ0n) is 12.4. The summed E-state index contributed by atoms with van der Waals surface area (Å²) < 4.78 is 5.58. The molecule has 0 fully saturated rings. The first-order valence-electron chi connectivity index (χ1n) is 6.70. The quantitative estimate of drug-likeness (QED) is 0.786. The van der Waals surface area contributed by atoms with Crippen molar-refractivity contribution < 1.29 is 9.53 Å². The third kappa shape index (κ3) is 6.26. The molecule has 0 saturated heterocycles. The molecule has 0 aliphatic carbocycles. The van der Waals surface area contributed by atoms with Gasteiger partial charge in [0.2, 0.25) is 5.91 Å². The number of hydrogen-bond donors (Lipinski definition) is 1. The van der Waals surface area contributed by atoms with Crippen LogP contribution in [-0.2, 0) is 4.79 Å². The summed E-state index contributed by atoms with van der Waals surface area (Å²) in [4.78, 5) is 13.7. The van der Waals surface area contributed by atoms with Crippen molar-refractivity contribution in [1.29, 1.82) is 0 Å². The van der Waals surface area contributed by atoms with Crippen molar-refractivity contribution in [2.45, 2.75) is 26.3 Å². The molecule has 0 heterocycles. The van der Waals surface area contributed by atoms with Crippen LogP contribution in [-0.4, -0.2) is 37.0 Å². The number of nitrogens with zero attached hydrogens (tertiary/aromatic N) is 1. The first-order chi connectivity index (χ1) is 9.02. The van der Waals surface area contributed by atoms with E-state index in [-0.39, 0.29) is 30.3 Å². The second-order valence-electron chi connectivity index (χ2n) is 4.92. The Morgan fingerprint density at radius 2 is 1.90 bits per heavy atom. The smallest absolute Gasteiger partial charge is 0.226 e. The Bertz CT molecular complexity index is 385. The predicted octanol–water partition coefficient (Wildman–Crippen LogP) is 2.32. The lowest BCUT2D eigenvalue weighted by Crippen LogP contribution is -2.40. The Kier molecular flexibility index (Phi) is 9.01. The molecule has 1 rings (SSSR count). The Hall–Kier alpha value is -1.26. The van der Waals surface area contributed by atoms with Crippen LogP contribution in [0.25, 0.3) is 0 Å². The monoisotopic (exact) mass is 300 g/mol. The molecular formula is C15H25ClN2O2. The molecule has 2 N–H and O–H groups in total. The maximum Gasteiger partial charge on any atom is 0.226 e. The standard InChI is InChI=1S/C15H24N2O2.ClH/c1-12(13(2)16)15(18)17(3)10-7-11-19-14-8-5-4-6-9-14;/h4-6,8-9,12-13H,7,10-11,16H2,1-3H3;1H. The molecule has 1 amide bonds. The molecule has 4 nitrogen and oxygen atoms in total. The molecule has 1 aromatic rings. The average Bonchev–Trinajstić information content (AvgIpc) is 2.42. The van der Waals surface area contributed by atoms with Gasteiger partial charge in [0.05, 0.1) is 12.5 Å². The van der Waals surface area contributed by atoms with Crippen molar-refractivity contribution in [2.75, 3.05) is 20.2 Å². The second kappa shape index (κ2) is 9.61. The Morgan fingerprint density at radius 3 is 2.45 bits per heavy atom. The van der Waals surface area contributed by atoms with Crippen LogP contribution in [0.5, 0.6) is 5.75 Å². The number of ether oxygens (including phenoxy) is 1. The average molecular weight is 301 g/mol. The van der Waals surface area contributed by atoms with E-state index in [4.69, 9.17) is 10.5 Å². The van der Waals surface area contributed by atoms with E-state index >= 15 is 0 Å². The number of benzene rings is 1. The van der Waals surface area contributed by atoms with E-state index in [2.05, 4.69) is 0 Å². The molecule has 0 radical (unpaired) electrons. The second-order valence-corrected chi connectivity index (χ2v) is 4.92. The molecule has 0 bridgehead atoms. The predicted molar refractivity (Wildman–Crippen MR) is 84.3 cm³/mol. The fraction of sp³-hybridized carbons (Fsp3) is 0.533. The maximum absolute atomic E-state index is 12.0. The number of amides is 1. The van der Waals surface area contributed by atoms with Crippen molar-refractivity contribution >= 4 is 18.3 Å². The zero-order chi connectivity index (χ0) is 14.3. The highest BCUT2D eigenvalue weighted by molar-refractivity contribution is 5.85. The summed E-state index contributed by atoms with van der Waals surface area (Å²) in [6, 6.07) is 9.56. The van der Waals surface area contributed by atoms with Gasteiger partial charge in [-0.15, -0.1) is 12.4 Å². The summed E-state index contributed by atoms with van der Waals surface area (Å²) in [5, 5.41) is 0. The summed E-state index contributed by atoms with van der Waals surface area (Å²) in [6.45, 7) is 5.01. The lowest BCUT2D eigenvalue weighted by molar-refractivity contribution is -0.134. The van der Waals surface area contributed by atoms with Gasteiger partial charge in [-0.05, 0) is 25.5 Å². The summed E-state index contributed by atoms with van der Waals surface area (Å²) >= 11 is 0. The van der Waals surface area contributed by atoms with Crippen LogP contribution in [0.4, 0.5) is 0 Å². The van der Waals surface area contributed by atoms with Crippen LogP contribution in [0.2, 0.25) is 0 Å². The van der Waals surface area contributed by atoms with E-state index in [0.29, 0.717) is 13.2 Å². The van der Waals surface area contributed by atoms with Crippen LogP contribution >= 0.6 is 12.4 Å². The van der Waals surface area contributed by atoms with Gasteiger partial charge < -0.3 is 15.4 Å². The highest BCUT2D eigenvalue weighted by Gasteiger charge is 2.20. The van der Waals surface area contributed by atoms with Gasteiger partial charge in [0, 0.05) is 19.6 Å². The SMILES string of the molecule is CC(N)C(C)C(=O)N(C)CCCOc1ccccc1.Cl. The van der Waals surface area contributed by atoms with Crippen LogP contribution < -0.4 is 10.5 Å². The van der Waals surface area contributed by atoms with Crippen molar-refractivity contribution in [3.63, 3.8) is 0 Å². The third-order valence-corrected chi connectivity index (χ3v) is 3.20. The summed E-state index contributed by atoms with van der Waals surface area (Å²) in [5.41, 5.74) is 5.73. The molecule has 2 unspecified atom stereocenters. The molecule has 20 heavy (non-hydrogen) atoms. The molecule has 0 aromatic heterocycles. The van der Waals surface area contributed by atoms with Crippen LogP contribution in [0.1, 0.15) is 20.3 Å². The van der Waals surface area contributed by atoms with Gasteiger partial charge in [-0.1, -0.05) is 25.1 Å². The molecular weight excluding hydrogens is 276 g/mol. The van der Waals surface area contributed by atoms with Crippen LogP contribution in [0, 0.1) is 5.92 Å². The molecule has 0 aliphatic heterocycles. The minimum absolute atomic E-state index is 0. The normalized spacial score (nSPS) is 13.0. The zero-order valence-corrected chi connectivity index (χ0v) is 13.2. The van der Waals surface area contributed by atoms with E-state index in [0.717, 1.165) is 12.2 Å². The number of carbonyl (C=O) groups excluding carboxylic acids is 1. The van der Waals surface area contributed by atoms with E-state index in [1.54, 1.807) is 4.90 Å². The van der Waals surface area contributed by atoms with Gasteiger partial charge >= 0.3 is 0 Å². The molecule has 1 aromatic carbocycles. The number of nitrogens with two attached hydrogens (primary N) is 1. The molecule has 0 saturated carbocycles. The lowest BCUT2D eigenvalue weighted by Gasteiger charge is -2.23. The summed E-state index contributed by atoms with van der Waals surface area (Å²) in [7, 11) is 1.81. The Balaban J connectivity index is 0.00000361. The van der Waals surface area contributed by atoms with E-state index < -0.39 is 0 Å². The Morgan fingerprint density at radius 1 is 1.30 bits per heavy atom. The van der Waals surface area contributed by atoms with E-state index in [1.165, 1.54) is 0 Å². The maximum atomic E-state index is 12.0. The van der Waals surface area contributed by atoms with Gasteiger partial charge in [0.15, 0.2) is 0 Å². The Labute approximate surface area is 127 Å². The first-order valence-corrected chi connectivity index (χ1v) is 6.70. The summed E-state index contributed by atoms with van der Waals surface area (Å²) in [5.74, 6) is 0.815. The molecule has 114 valence electrons. The molecule has 0 spiro atoms. The minimum Gasteiger partial charge on any atom is -0.494 e. The van der Waals surface area contributed by atoms with E-state index in [1.807, 2.05) is 51.2 Å². The third-order valence-electron chi connectivity index (χ3n) is 3.20. The van der Waals surface area contributed by atoms with Crippen molar-refractivity contribution in [3.05, 3.63) is 30.3 Å². The highest BCUT2D eigenvalue weighted by Crippen LogP contribution is 2.09. The fourth-order valence-corrected chi connectivity index (χ4v) is 1.69.